The Balaban J connectivity index is 2.20. The van der Waals surface area contributed by atoms with Crippen LogP contribution in [0.4, 0.5) is 20.7 Å². The number of nitrogens with two attached hydrogens (primary N) is 1. The van der Waals surface area contributed by atoms with Crippen molar-refractivity contribution in [1.29, 1.82) is 0 Å². The number of thiazole rings is 1. The van der Waals surface area contributed by atoms with E-state index in [-0.39, 0.29) is 12.4 Å². The number of hydrogen-bond acceptors (Lipinski definition) is 6. The van der Waals surface area contributed by atoms with Crippen LogP contribution in [0.3, 0.4) is 0 Å². The second kappa shape index (κ2) is 4.71. The zero-order valence-corrected chi connectivity index (χ0v) is 12.7. The zero-order valence-electron chi connectivity index (χ0n) is 11.9. The molecule has 0 aromatic carbocycles. The first-order chi connectivity index (χ1) is 10.4. The third-order valence-electron chi connectivity index (χ3n) is 3.52. The van der Waals surface area contributed by atoms with Gasteiger partial charge in [0.25, 0.3) is 0 Å². The van der Waals surface area contributed by atoms with Crippen molar-refractivity contribution in [3.63, 3.8) is 0 Å². The molecule has 0 fully saturated rings. The number of hydrogen-bond donors (Lipinski definition) is 1. The van der Waals surface area contributed by atoms with E-state index in [4.69, 9.17) is 5.73 Å². The Kier molecular flexibility index (Phi) is 3.07. The summed E-state index contributed by atoms with van der Waals surface area (Å²) in [6.45, 7) is 0. The summed E-state index contributed by atoms with van der Waals surface area (Å²) in [5.74, 6) is -0.420. The fraction of sp³-hybridized carbons (Fsp3) is 0.250. The van der Waals surface area contributed by atoms with Gasteiger partial charge in [-0.1, -0.05) is 11.3 Å². The van der Waals surface area contributed by atoms with Crippen molar-refractivity contribution in [2.75, 3.05) is 19.0 Å². The molecule has 3 heterocycles. The monoisotopic (exact) mass is 321 g/mol. The highest BCUT2D eigenvalue weighted by atomic mass is 32.1. The molecule has 2 aromatic rings. The average Bonchev–Trinajstić information content (AvgIpc) is 3.12. The molecule has 0 bridgehead atoms. The Labute approximate surface area is 129 Å². The van der Waals surface area contributed by atoms with Crippen LogP contribution in [0.1, 0.15) is 5.69 Å². The van der Waals surface area contributed by atoms with Gasteiger partial charge in [0.2, 0.25) is 11.9 Å². The Bertz CT molecular complexity index is 783. The van der Waals surface area contributed by atoms with Crippen LogP contribution in [0.2, 0.25) is 0 Å². The number of imide groups is 1. The van der Waals surface area contributed by atoms with Gasteiger partial charge in [0, 0.05) is 18.6 Å². The predicted molar refractivity (Wildman–Crippen MR) is 79.6 cm³/mol. The molecule has 0 spiro atoms. The van der Waals surface area contributed by atoms with Gasteiger partial charge in [0.1, 0.15) is 0 Å². The summed E-state index contributed by atoms with van der Waals surface area (Å²) in [6, 6.07) is -1.01. The van der Waals surface area contributed by atoms with Crippen molar-refractivity contribution >= 4 is 40.4 Å². The lowest BCUT2D eigenvalue weighted by Crippen LogP contribution is -2.65. The molecule has 2 aromatic heterocycles. The first kappa shape index (κ1) is 14.4. The van der Waals surface area contributed by atoms with Gasteiger partial charge < -0.3 is 5.73 Å². The van der Waals surface area contributed by atoms with Gasteiger partial charge in [-0.15, -0.1) is 4.48 Å². The molecule has 1 unspecified atom stereocenters. The van der Waals surface area contributed by atoms with Crippen LogP contribution in [0.15, 0.2) is 17.8 Å². The maximum atomic E-state index is 12.9. The summed E-state index contributed by atoms with van der Waals surface area (Å²) in [5, 5.41) is 2.03. The van der Waals surface area contributed by atoms with Crippen LogP contribution in [0.5, 0.6) is 0 Å². The summed E-state index contributed by atoms with van der Waals surface area (Å²) < 4.78 is 0.594. The van der Waals surface area contributed by atoms with Crippen LogP contribution in [-0.4, -0.2) is 46.6 Å². The van der Waals surface area contributed by atoms with Gasteiger partial charge in [-0.2, -0.15) is 9.55 Å². The van der Waals surface area contributed by atoms with Crippen molar-refractivity contribution in [3.05, 3.63) is 23.5 Å². The number of rotatable bonds is 3. The van der Waals surface area contributed by atoms with Crippen LogP contribution < -0.4 is 15.1 Å². The molecule has 0 radical (unpaired) electrons. The Hall–Kier alpha value is -2.59. The number of quaternary nitrogens is 1. The first-order valence-corrected chi connectivity index (χ1v) is 7.20. The standard InChI is InChI=1S/C12H12N6O3S/c1-16-9-15-6-7(5-8(13)19)17(9)12(21)18(2,11(16)20)10-14-3-4-22-10/h3-4,6H,5H2,1-2H3,(H-,13,19)/p+1. The normalized spacial score (nSPS) is 21.1. The third-order valence-corrected chi connectivity index (χ3v) is 4.46. The third kappa shape index (κ3) is 1.77. The topological polar surface area (TPSA) is 111 Å². The predicted octanol–water partition coefficient (Wildman–Crippen LogP) is 0.543. The van der Waals surface area contributed by atoms with Gasteiger partial charge >= 0.3 is 17.2 Å². The van der Waals surface area contributed by atoms with E-state index in [1.807, 2.05) is 0 Å². The molecule has 10 heteroatoms. The van der Waals surface area contributed by atoms with E-state index in [0.29, 0.717) is 10.8 Å². The highest BCUT2D eigenvalue weighted by molar-refractivity contribution is 7.13. The lowest BCUT2D eigenvalue weighted by Gasteiger charge is -2.33. The molecule has 114 valence electrons. The molecule has 1 aliphatic heterocycles. The molecule has 0 saturated heterocycles. The number of nitrogens with zero attached hydrogens (tertiary/aromatic N) is 5. The smallest absolute Gasteiger partial charge is 0.369 e. The Morgan fingerprint density at radius 1 is 1.36 bits per heavy atom. The molecule has 1 atom stereocenters. The maximum Gasteiger partial charge on any atom is 0.446 e. The number of urea groups is 1. The largest absolute Gasteiger partial charge is 0.446 e. The lowest BCUT2D eigenvalue weighted by atomic mass is 10.3. The average molecular weight is 321 g/mol. The number of fused-ring (bicyclic) bond motifs is 1. The molecular formula is C12H13N6O3S+. The molecule has 1 aliphatic rings. The maximum absolute atomic E-state index is 12.9. The number of primary amides is 1. The van der Waals surface area contributed by atoms with Crippen molar-refractivity contribution in [1.82, 2.24) is 19.0 Å². The summed E-state index contributed by atoms with van der Waals surface area (Å²) in [6.07, 6.45) is 2.76. The zero-order chi connectivity index (χ0) is 16.1. The highest BCUT2D eigenvalue weighted by Crippen LogP contribution is 2.33. The van der Waals surface area contributed by atoms with Crippen LogP contribution >= 0.6 is 11.3 Å². The van der Waals surface area contributed by atoms with Crippen molar-refractivity contribution < 1.29 is 14.4 Å². The summed E-state index contributed by atoms with van der Waals surface area (Å²) in [5.41, 5.74) is 5.54. The van der Waals surface area contributed by atoms with E-state index in [0.717, 1.165) is 0 Å². The quantitative estimate of drug-likeness (QED) is 0.829. The molecule has 2 N–H and O–H groups in total. The van der Waals surface area contributed by atoms with Crippen molar-refractivity contribution in [2.24, 2.45) is 5.73 Å². The van der Waals surface area contributed by atoms with Crippen LogP contribution in [-0.2, 0) is 11.2 Å². The minimum atomic E-state index is -0.650. The van der Waals surface area contributed by atoms with Crippen LogP contribution in [0.25, 0.3) is 0 Å². The number of anilines is 1. The van der Waals surface area contributed by atoms with E-state index in [2.05, 4.69) is 9.97 Å². The fourth-order valence-electron chi connectivity index (χ4n) is 2.39. The van der Waals surface area contributed by atoms with Gasteiger partial charge in [-0.05, 0) is 0 Å². The Morgan fingerprint density at radius 3 is 2.68 bits per heavy atom. The lowest BCUT2D eigenvalue weighted by molar-refractivity contribution is -0.117. The highest BCUT2D eigenvalue weighted by Gasteiger charge is 2.54. The molecule has 22 heavy (non-hydrogen) atoms. The number of amides is 4. The van der Waals surface area contributed by atoms with Crippen molar-refractivity contribution in [3.8, 4) is 0 Å². The molecular weight excluding hydrogens is 308 g/mol. The van der Waals surface area contributed by atoms with Gasteiger partial charge in [0.15, 0.2) is 0 Å². The molecule has 0 aliphatic carbocycles. The minimum Gasteiger partial charge on any atom is -0.369 e. The Morgan fingerprint density at radius 2 is 2.09 bits per heavy atom. The number of aromatic nitrogens is 3. The van der Waals surface area contributed by atoms with E-state index in [1.54, 1.807) is 5.38 Å². The molecule has 0 saturated carbocycles. The van der Waals surface area contributed by atoms with E-state index < -0.39 is 22.5 Å². The summed E-state index contributed by atoms with van der Waals surface area (Å²) in [4.78, 5) is 46.2. The van der Waals surface area contributed by atoms with E-state index in [1.165, 1.54) is 47.3 Å². The fourth-order valence-corrected chi connectivity index (χ4v) is 3.12. The second-order valence-electron chi connectivity index (χ2n) is 4.97. The minimum absolute atomic E-state index is 0.140. The second-order valence-corrected chi connectivity index (χ2v) is 5.85. The van der Waals surface area contributed by atoms with E-state index >= 15 is 0 Å². The summed E-state index contributed by atoms with van der Waals surface area (Å²) >= 11 is 1.20. The van der Waals surface area contributed by atoms with Gasteiger partial charge in [-0.3, -0.25) is 4.79 Å². The van der Waals surface area contributed by atoms with E-state index in [9.17, 15) is 14.4 Å². The van der Waals surface area contributed by atoms with Gasteiger partial charge in [0.05, 0.1) is 25.4 Å². The number of imidazole rings is 1. The first-order valence-electron chi connectivity index (χ1n) is 6.32. The SMILES string of the molecule is CN1C(=O)[N+](C)(c2nccs2)C(=O)n2c(CC(N)=O)cnc21. The summed E-state index contributed by atoms with van der Waals surface area (Å²) in [7, 11) is 2.99. The van der Waals surface area contributed by atoms with Crippen LogP contribution in [0, 0.1) is 0 Å². The number of carbonyl (C=O) groups is 3. The molecule has 9 nitrogen and oxygen atoms in total. The van der Waals surface area contributed by atoms with Crippen molar-refractivity contribution in [2.45, 2.75) is 6.42 Å². The molecule has 3 rings (SSSR count). The molecule has 4 amide bonds. The number of carbonyl (C=O) groups excluding carboxylic acids is 3. The van der Waals surface area contributed by atoms with Gasteiger partial charge in [-0.25, -0.2) is 19.5 Å².